The average molecular weight is 381 g/mol. The van der Waals surface area contributed by atoms with Crippen LogP contribution < -0.4 is 15.5 Å². The first kappa shape index (κ1) is 18.7. The lowest BCUT2D eigenvalue weighted by atomic mass is 9.90. The van der Waals surface area contributed by atoms with Crippen LogP contribution in [0.15, 0.2) is 36.7 Å². The van der Waals surface area contributed by atoms with E-state index in [2.05, 4.69) is 15.7 Å². The number of aryl methyl sites for hydroxylation is 1. The van der Waals surface area contributed by atoms with Gasteiger partial charge in [0, 0.05) is 50.9 Å². The average Bonchev–Trinajstić information content (AvgIpc) is 3.42. The van der Waals surface area contributed by atoms with E-state index < -0.39 is 0 Å². The van der Waals surface area contributed by atoms with E-state index >= 15 is 0 Å². The van der Waals surface area contributed by atoms with Crippen molar-refractivity contribution in [2.45, 2.75) is 31.7 Å². The van der Waals surface area contributed by atoms with Crippen molar-refractivity contribution in [3.05, 3.63) is 47.8 Å². The molecule has 4 rings (SSSR count). The molecule has 7 heteroatoms. The number of rotatable bonds is 5. The maximum atomic E-state index is 13.0. The summed E-state index contributed by atoms with van der Waals surface area (Å²) in [7, 11) is 1.89. The van der Waals surface area contributed by atoms with Gasteiger partial charge >= 0.3 is 0 Å². The van der Waals surface area contributed by atoms with Crippen LogP contribution in [-0.2, 0) is 16.6 Å². The van der Waals surface area contributed by atoms with Crippen LogP contribution in [0.1, 0.15) is 42.9 Å². The van der Waals surface area contributed by atoms with E-state index in [-0.39, 0.29) is 29.7 Å². The van der Waals surface area contributed by atoms with E-state index in [1.807, 2.05) is 55.5 Å². The molecule has 28 heavy (non-hydrogen) atoms. The molecule has 2 N–H and O–H groups in total. The van der Waals surface area contributed by atoms with Crippen LogP contribution in [0.4, 0.5) is 5.69 Å². The molecule has 0 radical (unpaired) electrons. The Kier molecular flexibility index (Phi) is 5.17. The topological polar surface area (TPSA) is 79.3 Å². The molecular formula is C21H27N5O2. The second-order valence-corrected chi connectivity index (χ2v) is 7.79. The third-order valence-corrected chi connectivity index (χ3v) is 5.82. The molecule has 0 aliphatic carbocycles. The van der Waals surface area contributed by atoms with Crippen LogP contribution in [0.5, 0.6) is 0 Å². The van der Waals surface area contributed by atoms with Gasteiger partial charge < -0.3 is 15.5 Å². The number of carbonyl (C=O) groups is 2. The zero-order chi connectivity index (χ0) is 19.7. The van der Waals surface area contributed by atoms with Gasteiger partial charge in [0.15, 0.2) is 0 Å². The summed E-state index contributed by atoms with van der Waals surface area (Å²) in [6.45, 7) is 4.21. The summed E-state index contributed by atoms with van der Waals surface area (Å²) >= 11 is 0. The van der Waals surface area contributed by atoms with Gasteiger partial charge in [0.05, 0.1) is 18.2 Å². The van der Waals surface area contributed by atoms with Gasteiger partial charge in [-0.3, -0.25) is 14.3 Å². The largest absolute Gasteiger partial charge is 0.349 e. The molecule has 3 heterocycles. The highest BCUT2D eigenvalue weighted by atomic mass is 16.2. The molecule has 2 fully saturated rings. The minimum absolute atomic E-state index is 0.0500. The zero-order valence-electron chi connectivity index (χ0n) is 16.4. The Bertz CT molecular complexity index is 877. The lowest BCUT2D eigenvalue weighted by Gasteiger charge is -2.22. The number of hydrogen-bond donors (Lipinski definition) is 2. The smallest absolute Gasteiger partial charge is 0.227 e. The molecule has 2 aromatic rings. The molecule has 1 unspecified atom stereocenters. The summed E-state index contributed by atoms with van der Waals surface area (Å²) in [6.07, 6.45) is 5.34. The lowest BCUT2D eigenvalue weighted by molar-refractivity contribution is -0.125. The number of anilines is 1. The van der Waals surface area contributed by atoms with Crippen LogP contribution in [0.2, 0.25) is 0 Å². The molecule has 1 aromatic carbocycles. The molecule has 3 atom stereocenters. The van der Waals surface area contributed by atoms with E-state index in [0.717, 1.165) is 36.3 Å². The fourth-order valence-electron chi connectivity index (χ4n) is 4.22. The third kappa shape index (κ3) is 3.67. The zero-order valence-corrected chi connectivity index (χ0v) is 16.4. The van der Waals surface area contributed by atoms with Gasteiger partial charge in [0.25, 0.3) is 0 Å². The van der Waals surface area contributed by atoms with Gasteiger partial charge in [-0.1, -0.05) is 12.1 Å². The Hall–Kier alpha value is -2.67. The molecule has 0 spiro atoms. The second-order valence-electron chi connectivity index (χ2n) is 7.79. The van der Waals surface area contributed by atoms with Crippen molar-refractivity contribution >= 4 is 17.5 Å². The van der Waals surface area contributed by atoms with E-state index in [0.29, 0.717) is 13.0 Å². The molecular weight excluding hydrogens is 354 g/mol. The molecule has 1 aromatic heterocycles. The minimum atomic E-state index is -0.125. The van der Waals surface area contributed by atoms with Crippen molar-refractivity contribution in [2.24, 2.45) is 13.0 Å². The first-order valence-electron chi connectivity index (χ1n) is 9.93. The van der Waals surface area contributed by atoms with Crippen LogP contribution in [-0.4, -0.2) is 41.2 Å². The quantitative estimate of drug-likeness (QED) is 0.827. The summed E-state index contributed by atoms with van der Waals surface area (Å²) in [5, 5.41) is 10.7. The Morgan fingerprint density at radius 2 is 2.21 bits per heavy atom. The molecule has 2 saturated heterocycles. The summed E-state index contributed by atoms with van der Waals surface area (Å²) < 4.78 is 1.77. The fraction of sp³-hybridized carbons (Fsp3) is 0.476. The fourth-order valence-corrected chi connectivity index (χ4v) is 4.22. The molecule has 148 valence electrons. The number of aromatic nitrogens is 2. The molecule has 0 saturated carbocycles. The van der Waals surface area contributed by atoms with E-state index in [1.165, 1.54) is 0 Å². The van der Waals surface area contributed by atoms with Gasteiger partial charge in [-0.15, -0.1) is 0 Å². The number of nitrogens with one attached hydrogen (secondary N) is 2. The lowest BCUT2D eigenvalue weighted by Crippen LogP contribution is -2.36. The Balaban J connectivity index is 1.45. The van der Waals surface area contributed by atoms with Crippen molar-refractivity contribution in [3.63, 3.8) is 0 Å². The highest BCUT2D eigenvalue weighted by molar-refractivity contribution is 5.95. The van der Waals surface area contributed by atoms with Crippen molar-refractivity contribution in [3.8, 4) is 0 Å². The minimum Gasteiger partial charge on any atom is -0.349 e. The molecule has 2 amide bonds. The summed E-state index contributed by atoms with van der Waals surface area (Å²) in [6, 6.07) is 7.80. The van der Waals surface area contributed by atoms with Crippen LogP contribution in [0, 0.1) is 5.92 Å². The third-order valence-electron chi connectivity index (χ3n) is 5.82. The molecule has 2 aliphatic rings. The first-order chi connectivity index (χ1) is 13.5. The maximum absolute atomic E-state index is 13.0. The summed E-state index contributed by atoms with van der Waals surface area (Å²) in [4.78, 5) is 26.8. The number of carbonyl (C=O) groups excluding carboxylic acids is 2. The number of hydrogen-bond acceptors (Lipinski definition) is 4. The van der Waals surface area contributed by atoms with Crippen molar-refractivity contribution in [1.82, 2.24) is 20.4 Å². The highest BCUT2D eigenvalue weighted by Gasteiger charge is 2.35. The van der Waals surface area contributed by atoms with Gasteiger partial charge in [-0.25, -0.2) is 0 Å². The SMILES string of the molecule is CC(NC(=O)[C@H]1CNC[C@@H]1c1cnn(C)c1)c1cccc(N2CCCC2=O)c1. The monoisotopic (exact) mass is 381 g/mol. The van der Waals surface area contributed by atoms with Crippen molar-refractivity contribution in [2.75, 3.05) is 24.5 Å². The Morgan fingerprint density at radius 3 is 2.93 bits per heavy atom. The van der Waals surface area contributed by atoms with Crippen LogP contribution in [0.3, 0.4) is 0 Å². The normalized spacial score (nSPS) is 23.2. The maximum Gasteiger partial charge on any atom is 0.227 e. The highest BCUT2D eigenvalue weighted by Crippen LogP contribution is 2.29. The Morgan fingerprint density at radius 1 is 1.36 bits per heavy atom. The second kappa shape index (κ2) is 7.75. The van der Waals surface area contributed by atoms with Crippen LogP contribution >= 0.6 is 0 Å². The van der Waals surface area contributed by atoms with Crippen LogP contribution in [0.25, 0.3) is 0 Å². The van der Waals surface area contributed by atoms with Gasteiger partial charge in [-0.05, 0) is 36.6 Å². The molecule has 7 nitrogen and oxygen atoms in total. The Labute approximate surface area is 165 Å². The van der Waals surface area contributed by atoms with Gasteiger partial charge in [0.1, 0.15) is 0 Å². The van der Waals surface area contributed by atoms with Crippen molar-refractivity contribution < 1.29 is 9.59 Å². The predicted molar refractivity (Wildman–Crippen MR) is 107 cm³/mol. The van der Waals surface area contributed by atoms with E-state index in [1.54, 1.807) is 4.68 Å². The molecule has 0 bridgehead atoms. The van der Waals surface area contributed by atoms with Gasteiger partial charge in [-0.2, -0.15) is 5.10 Å². The number of benzene rings is 1. The summed E-state index contributed by atoms with van der Waals surface area (Å²) in [5.74, 6) is 0.239. The number of nitrogens with zero attached hydrogens (tertiary/aromatic N) is 3. The summed E-state index contributed by atoms with van der Waals surface area (Å²) in [5.41, 5.74) is 3.01. The molecule has 2 aliphatic heterocycles. The van der Waals surface area contributed by atoms with E-state index in [4.69, 9.17) is 0 Å². The van der Waals surface area contributed by atoms with Crippen molar-refractivity contribution in [1.29, 1.82) is 0 Å². The standard InChI is InChI=1S/C21H27N5O2/c1-14(15-5-3-6-17(9-15)26-8-4-7-20(26)27)24-21(28)19-12-22-11-18(19)16-10-23-25(2)13-16/h3,5-6,9-10,13-14,18-19,22H,4,7-8,11-12H2,1-2H3,(H,24,28)/t14?,18-,19+/m1/s1. The first-order valence-corrected chi connectivity index (χ1v) is 9.93. The number of amides is 2. The van der Waals surface area contributed by atoms with Gasteiger partial charge in [0.2, 0.25) is 11.8 Å². The van der Waals surface area contributed by atoms with E-state index in [9.17, 15) is 9.59 Å². The predicted octanol–water partition coefficient (Wildman–Crippen LogP) is 1.73.